The molecule has 90 valence electrons. The highest BCUT2D eigenvalue weighted by Gasteiger charge is 2.08. The van der Waals surface area contributed by atoms with Crippen LogP contribution >= 0.6 is 0 Å². The molecule has 0 aliphatic heterocycles. The molecule has 3 rings (SSSR count). The van der Waals surface area contributed by atoms with Crippen molar-refractivity contribution in [3.63, 3.8) is 0 Å². The van der Waals surface area contributed by atoms with Crippen LogP contribution in [0.4, 0.5) is 0 Å². The number of hydrogen-bond acceptors (Lipinski definition) is 2. The Hall–Kier alpha value is -2.22. The molecule has 1 N–H and O–H groups in total. The van der Waals surface area contributed by atoms with Gasteiger partial charge < -0.3 is 9.52 Å². The molecule has 1 aromatic heterocycles. The molecule has 0 atom stereocenters. The van der Waals surface area contributed by atoms with Crippen molar-refractivity contribution < 1.29 is 9.52 Å². The van der Waals surface area contributed by atoms with E-state index in [0.717, 1.165) is 27.9 Å². The van der Waals surface area contributed by atoms with Crippen molar-refractivity contribution in [3.8, 4) is 17.1 Å². The fourth-order valence-corrected chi connectivity index (χ4v) is 2.28. The quantitative estimate of drug-likeness (QED) is 0.680. The van der Waals surface area contributed by atoms with E-state index in [0.29, 0.717) is 0 Å². The number of furan rings is 1. The maximum atomic E-state index is 9.29. The molecule has 0 spiro atoms. The summed E-state index contributed by atoms with van der Waals surface area (Å²) in [5.74, 6) is 1.10. The fourth-order valence-electron chi connectivity index (χ4n) is 2.28. The number of fused-ring (bicyclic) bond motifs is 1. The predicted octanol–water partition coefficient (Wildman–Crippen LogP) is 4.42. The lowest BCUT2D eigenvalue weighted by Crippen LogP contribution is -1.76. The van der Waals surface area contributed by atoms with Crippen LogP contribution in [0.2, 0.25) is 0 Å². The van der Waals surface area contributed by atoms with E-state index >= 15 is 0 Å². The highest BCUT2D eigenvalue weighted by Crippen LogP contribution is 2.31. The summed E-state index contributed by atoms with van der Waals surface area (Å²) < 4.78 is 5.90. The Balaban J connectivity index is 2.19. The summed E-state index contributed by atoms with van der Waals surface area (Å²) in [6.45, 7) is 4.14. The largest absolute Gasteiger partial charge is 0.508 e. The molecule has 0 amide bonds. The minimum absolute atomic E-state index is 0.266. The standard InChI is InChI=1S/C16H14O2/c1-10-7-11(2)16-13(8-10)9-15(18-16)12-3-5-14(17)6-4-12/h3-9,17H,1-2H3. The Morgan fingerprint density at radius 1 is 0.944 bits per heavy atom. The molecule has 2 aromatic carbocycles. The Morgan fingerprint density at radius 2 is 1.67 bits per heavy atom. The van der Waals surface area contributed by atoms with Gasteiger partial charge in [-0.2, -0.15) is 0 Å². The molecule has 0 unspecified atom stereocenters. The zero-order chi connectivity index (χ0) is 12.7. The second-order valence-electron chi connectivity index (χ2n) is 4.66. The molecule has 0 radical (unpaired) electrons. The number of phenolic OH excluding ortho intramolecular Hbond substituents is 1. The third-order valence-corrected chi connectivity index (χ3v) is 3.10. The van der Waals surface area contributed by atoms with Gasteiger partial charge in [0.25, 0.3) is 0 Å². The Bertz CT molecular complexity index is 706. The van der Waals surface area contributed by atoms with Crippen molar-refractivity contribution in [1.82, 2.24) is 0 Å². The zero-order valence-corrected chi connectivity index (χ0v) is 10.4. The SMILES string of the molecule is Cc1cc(C)c2oc(-c3ccc(O)cc3)cc2c1. The van der Waals surface area contributed by atoms with Crippen LogP contribution in [0.15, 0.2) is 46.9 Å². The summed E-state index contributed by atoms with van der Waals surface area (Å²) in [7, 11) is 0. The van der Waals surface area contributed by atoms with Crippen molar-refractivity contribution in [3.05, 3.63) is 53.6 Å². The van der Waals surface area contributed by atoms with Crippen molar-refractivity contribution >= 4 is 11.0 Å². The van der Waals surface area contributed by atoms with Gasteiger partial charge in [-0.05, 0) is 55.8 Å². The molecule has 0 saturated heterocycles. The first kappa shape index (κ1) is 10.9. The summed E-state index contributed by atoms with van der Waals surface area (Å²) in [5.41, 5.74) is 4.29. The van der Waals surface area contributed by atoms with Crippen LogP contribution in [0, 0.1) is 13.8 Å². The second-order valence-corrected chi connectivity index (χ2v) is 4.66. The lowest BCUT2D eigenvalue weighted by Gasteiger charge is -1.97. The number of benzene rings is 2. The van der Waals surface area contributed by atoms with Crippen LogP contribution in [0.1, 0.15) is 11.1 Å². The van der Waals surface area contributed by atoms with Gasteiger partial charge in [-0.25, -0.2) is 0 Å². The average molecular weight is 238 g/mol. The van der Waals surface area contributed by atoms with Gasteiger partial charge in [-0.3, -0.25) is 0 Å². The van der Waals surface area contributed by atoms with Crippen LogP contribution in [0.3, 0.4) is 0 Å². The van der Waals surface area contributed by atoms with Crippen LogP contribution < -0.4 is 0 Å². The third-order valence-electron chi connectivity index (χ3n) is 3.10. The summed E-state index contributed by atoms with van der Waals surface area (Å²) in [6.07, 6.45) is 0. The van der Waals surface area contributed by atoms with Crippen LogP contribution in [0.25, 0.3) is 22.3 Å². The molecule has 2 nitrogen and oxygen atoms in total. The van der Waals surface area contributed by atoms with E-state index in [4.69, 9.17) is 4.42 Å². The summed E-state index contributed by atoms with van der Waals surface area (Å²) in [5, 5.41) is 10.4. The first-order valence-electron chi connectivity index (χ1n) is 5.94. The van der Waals surface area contributed by atoms with Gasteiger partial charge in [0, 0.05) is 10.9 Å². The summed E-state index contributed by atoms with van der Waals surface area (Å²) in [4.78, 5) is 0. The van der Waals surface area contributed by atoms with Gasteiger partial charge in [-0.1, -0.05) is 11.6 Å². The van der Waals surface area contributed by atoms with E-state index < -0.39 is 0 Å². The molecular weight excluding hydrogens is 224 g/mol. The molecule has 18 heavy (non-hydrogen) atoms. The van der Waals surface area contributed by atoms with Crippen LogP contribution in [-0.2, 0) is 0 Å². The van der Waals surface area contributed by atoms with E-state index in [9.17, 15) is 5.11 Å². The molecular formula is C16H14O2. The van der Waals surface area contributed by atoms with Gasteiger partial charge in [-0.15, -0.1) is 0 Å². The first-order valence-corrected chi connectivity index (χ1v) is 5.94. The van der Waals surface area contributed by atoms with E-state index in [1.54, 1.807) is 12.1 Å². The third kappa shape index (κ3) is 1.76. The lowest BCUT2D eigenvalue weighted by atomic mass is 10.1. The molecule has 3 aromatic rings. The highest BCUT2D eigenvalue weighted by molar-refractivity contribution is 5.85. The molecule has 0 aliphatic rings. The van der Waals surface area contributed by atoms with Crippen molar-refractivity contribution in [1.29, 1.82) is 0 Å². The van der Waals surface area contributed by atoms with Gasteiger partial charge in [0.05, 0.1) is 0 Å². The topological polar surface area (TPSA) is 33.4 Å². The molecule has 0 saturated carbocycles. The van der Waals surface area contributed by atoms with Crippen molar-refractivity contribution in [2.24, 2.45) is 0 Å². The second kappa shape index (κ2) is 3.91. The maximum Gasteiger partial charge on any atom is 0.137 e. The molecule has 0 bridgehead atoms. The number of hydrogen-bond donors (Lipinski definition) is 1. The molecule has 0 aliphatic carbocycles. The molecule has 1 heterocycles. The van der Waals surface area contributed by atoms with Gasteiger partial charge in [0.2, 0.25) is 0 Å². The van der Waals surface area contributed by atoms with Crippen molar-refractivity contribution in [2.75, 3.05) is 0 Å². The van der Waals surface area contributed by atoms with E-state index in [-0.39, 0.29) is 5.75 Å². The number of rotatable bonds is 1. The monoisotopic (exact) mass is 238 g/mol. The first-order chi connectivity index (χ1) is 8.63. The molecule has 0 fully saturated rings. The van der Waals surface area contributed by atoms with E-state index in [1.807, 2.05) is 18.2 Å². The van der Waals surface area contributed by atoms with Crippen molar-refractivity contribution in [2.45, 2.75) is 13.8 Å². The Kier molecular flexibility index (Phi) is 2.37. The number of aryl methyl sites for hydroxylation is 2. The van der Waals surface area contributed by atoms with Crippen LogP contribution in [-0.4, -0.2) is 5.11 Å². The number of aromatic hydroxyl groups is 1. The maximum absolute atomic E-state index is 9.29. The summed E-state index contributed by atoms with van der Waals surface area (Å²) in [6, 6.07) is 13.3. The summed E-state index contributed by atoms with van der Waals surface area (Å²) >= 11 is 0. The minimum atomic E-state index is 0.266. The Morgan fingerprint density at radius 3 is 2.39 bits per heavy atom. The van der Waals surface area contributed by atoms with Crippen LogP contribution in [0.5, 0.6) is 5.75 Å². The number of phenols is 1. The van der Waals surface area contributed by atoms with E-state index in [2.05, 4.69) is 26.0 Å². The normalized spacial score (nSPS) is 11.0. The van der Waals surface area contributed by atoms with E-state index in [1.165, 1.54) is 5.56 Å². The minimum Gasteiger partial charge on any atom is -0.508 e. The van der Waals surface area contributed by atoms with Gasteiger partial charge in [0.15, 0.2) is 0 Å². The highest BCUT2D eigenvalue weighted by atomic mass is 16.3. The Labute approximate surface area is 105 Å². The zero-order valence-electron chi connectivity index (χ0n) is 10.4. The lowest BCUT2D eigenvalue weighted by molar-refractivity contribution is 0.475. The fraction of sp³-hybridized carbons (Fsp3) is 0.125. The predicted molar refractivity (Wildman–Crippen MR) is 72.8 cm³/mol. The smallest absolute Gasteiger partial charge is 0.137 e. The van der Waals surface area contributed by atoms with Gasteiger partial charge in [0.1, 0.15) is 17.1 Å². The molecule has 2 heteroatoms. The van der Waals surface area contributed by atoms with Gasteiger partial charge >= 0.3 is 0 Å². The average Bonchev–Trinajstić information content (AvgIpc) is 2.74.